The number of oxime groups is 2. The van der Waals surface area contributed by atoms with E-state index in [1.807, 2.05) is 13.0 Å². The molecule has 0 fully saturated rings. The number of amides is 1. The van der Waals surface area contributed by atoms with Crippen molar-refractivity contribution in [2.45, 2.75) is 20.0 Å². The number of carbonyl (C=O) groups is 1. The van der Waals surface area contributed by atoms with Crippen molar-refractivity contribution in [3.8, 4) is 0 Å². The van der Waals surface area contributed by atoms with Gasteiger partial charge in [0, 0.05) is 23.7 Å². The highest BCUT2D eigenvalue weighted by molar-refractivity contribution is 6.45. The lowest BCUT2D eigenvalue weighted by atomic mass is 9.98. The second-order valence-corrected chi connectivity index (χ2v) is 5.72. The van der Waals surface area contributed by atoms with Gasteiger partial charge in [0.05, 0.1) is 0 Å². The molecule has 0 heterocycles. The number of halogens is 2. The second kappa shape index (κ2) is 10.1. The van der Waals surface area contributed by atoms with E-state index in [4.69, 9.17) is 9.68 Å². The zero-order valence-electron chi connectivity index (χ0n) is 15.8. The van der Waals surface area contributed by atoms with Crippen LogP contribution in [0, 0.1) is 6.92 Å². The van der Waals surface area contributed by atoms with Gasteiger partial charge in [0.2, 0.25) is 0 Å². The molecule has 8 heteroatoms. The smallest absolute Gasteiger partial charge is 0.284 e. The van der Waals surface area contributed by atoms with Gasteiger partial charge in [-0.25, -0.2) is 8.78 Å². The number of likely N-dealkylation sites (N-methyl/N-ethyl adjacent to an activating group) is 1. The molecular weight excluding hydrogens is 368 g/mol. The number of rotatable bonds is 8. The molecular formula is C20H21F2N3O3. The van der Waals surface area contributed by atoms with Crippen molar-refractivity contribution >= 4 is 17.3 Å². The molecule has 0 aromatic heterocycles. The first-order valence-electron chi connectivity index (χ1n) is 8.45. The van der Waals surface area contributed by atoms with E-state index in [0.29, 0.717) is 11.1 Å². The fourth-order valence-electron chi connectivity index (χ4n) is 2.53. The van der Waals surface area contributed by atoms with Crippen molar-refractivity contribution in [2.75, 3.05) is 14.2 Å². The minimum atomic E-state index is -2.80. The number of alkyl halides is 2. The summed E-state index contributed by atoms with van der Waals surface area (Å²) in [5, 5.41) is 9.90. The molecule has 0 aliphatic rings. The third kappa shape index (κ3) is 5.12. The summed E-state index contributed by atoms with van der Waals surface area (Å²) in [5.41, 5.74) is 1.71. The van der Waals surface area contributed by atoms with E-state index in [9.17, 15) is 13.6 Å². The third-order valence-corrected chi connectivity index (χ3v) is 3.94. The van der Waals surface area contributed by atoms with Crippen LogP contribution in [0.5, 0.6) is 0 Å². The molecule has 2 rings (SSSR count). The molecule has 0 atom stereocenters. The maximum absolute atomic E-state index is 13.4. The Hall–Kier alpha value is -3.29. The standard InChI is InChI=1S/C20H21F2N3O3/c1-13-8-7-11-15(18(24-27-3)20(26)23-2)16(13)12-28-25-17(19(21)22)14-9-5-4-6-10-14/h4-11,19H,12H2,1-3H3,(H,23,26)/b24-18+,25-17-. The van der Waals surface area contributed by atoms with Crippen LogP contribution in [0.2, 0.25) is 0 Å². The lowest BCUT2D eigenvalue weighted by Gasteiger charge is -2.13. The largest absolute Gasteiger partial charge is 0.398 e. The summed E-state index contributed by atoms with van der Waals surface area (Å²) in [4.78, 5) is 22.1. The maximum atomic E-state index is 13.4. The minimum Gasteiger partial charge on any atom is -0.398 e. The molecule has 2 aromatic carbocycles. The molecule has 0 saturated heterocycles. The quantitative estimate of drug-likeness (QED) is 0.556. The first kappa shape index (κ1) is 21.0. The Morgan fingerprint density at radius 1 is 1.11 bits per heavy atom. The molecule has 0 radical (unpaired) electrons. The summed E-state index contributed by atoms with van der Waals surface area (Å²) in [6.45, 7) is 1.69. The van der Waals surface area contributed by atoms with Crippen molar-refractivity contribution in [2.24, 2.45) is 10.3 Å². The average Bonchev–Trinajstić information content (AvgIpc) is 2.70. The molecule has 6 nitrogen and oxygen atoms in total. The van der Waals surface area contributed by atoms with Gasteiger partial charge in [-0.15, -0.1) is 0 Å². The van der Waals surface area contributed by atoms with E-state index in [1.165, 1.54) is 26.3 Å². The van der Waals surface area contributed by atoms with Crippen LogP contribution in [-0.4, -0.2) is 37.9 Å². The summed E-state index contributed by atoms with van der Waals surface area (Å²) >= 11 is 0. The topological polar surface area (TPSA) is 72.3 Å². The molecule has 2 aromatic rings. The molecule has 28 heavy (non-hydrogen) atoms. The fourth-order valence-corrected chi connectivity index (χ4v) is 2.53. The number of nitrogens with zero attached hydrogens (tertiary/aromatic N) is 2. The van der Waals surface area contributed by atoms with Crippen LogP contribution in [0.1, 0.15) is 22.3 Å². The Balaban J connectivity index is 2.34. The van der Waals surface area contributed by atoms with Crippen LogP contribution >= 0.6 is 0 Å². The third-order valence-electron chi connectivity index (χ3n) is 3.94. The van der Waals surface area contributed by atoms with E-state index in [-0.39, 0.29) is 17.9 Å². The van der Waals surface area contributed by atoms with Crippen molar-refractivity contribution in [1.82, 2.24) is 5.32 Å². The van der Waals surface area contributed by atoms with Gasteiger partial charge >= 0.3 is 0 Å². The first-order chi connectivity index (χ1) is 13.5. The Kier molecular flexibility index (Phi) is 7.62. The maximum Gasteiger partial charge on any atom is 0.284 e. The molecule has 0 saturated carbocycles. The summed E-state index contributed by atoms with van der Waals surface area (Å²) in [6.07, 6.45) is -2.80. The monoisotopic (exact) mass is 389 g/mol. The predicted molar refractivity (Wildman–Crippen MR) is 103 cm³/mol. The summed E-state index contributed by atoms with van der Waals surface area (Å²) < 4.78 is 26.7. The number of carbonyl (C=O) groups excluding carboxylic acids is 1. The Labute approximate surface area is 161 Å². The van der Waals surface area contributed by atoms with E-state index < -0.39 is 18.0 Å². The van der Waals surface area contributed by atoms with Gasteiger partial charge in [0.1, 0.15) is 13.7 Å². The number of aryl methyl sites for hydroxylation is 1. The normalized spacial score (nSPS) is 12.1. The van der Waals surface area contributed by atoms with Gasteiger partial charge in [-0.3, -0.25) is 4.79 Å². The van der Waals surface area contributed by atoms with Crippen molar-refractivity contribution < 1.29 is 23.3 Å². The lowest BCUT2D eigenvalue weighted by molar-refractivity contribution is -0.114. The van der Waals surface area contributed by atoms with Gasteiger partial charge in [0.25, 0.3) is 12.3 Å². The first-order valence-corrected chi connectivity index (χ1v) is 8.45. The van der Waals surface area contributed by atoms with E-state index in [1.54, 1.807) is 30.3 Å². The zero-order valence-corrected chi connectivity index (χ0v) is 15.8. The molecule has 0 aliphatic heterocycles. The Morgan fingerprint density at radius 2 is 1.82 bits per heavy atom. The van der Waals surface area contributed by atoms with Crippen LogP contribution in [0.4, 0.5) is 8.78 Å². The molecule has 1 amide bonds. The highest BCUT2D eigenvalue weighted by Crippen LogP contribution is 2.18. The van der Waals surface area contributed by atoms with Gasteiger partial charge in [-0.05, 0) is 12.5 Å². The van der Waals surface area contributed by atoms with Crippen molar-refractivity contribution in [1.29, 1.82) is 0 Å². The van der Waals surface area contributed by atoms with Crippen molar-refractivity contribution in [3.05, 3.63) is 70.8 Å². The van der Waals surface area contributed by atoms with Crippen molar-refractivity contribution in [3.63, 3.8) is 0 Å². The van der Waals surface area contributed by atoms with Crippen LogP contribution in [0.25, 0.3) is 0 Å². The number of nitrogens with one attached hydrogen (secondary N) is 1. The SMILES string of the molecule is CNC(=O)/C(=N/OC)c1cccc(C)c1CO/N=C(/c1ccccc1)C(F)F. The highest BCUT2D eigenvalue weighted by atomic mass is 19.3. The molecule has 1 N–H and O–H groups in total. The van der Waals surface area contributed by atoms with Gasteiger partial charge in [0.15, 0.2) is 11.4 Å². The fraction of sp³-hybridized carbons (Fsp3) is 0.250. The highest BCUT2D eigenvalue weighted by Gasteiger charge is 2.20. The number of hydrogen-bond acceptors (Lipinski definition) is 5. The van der Waals surface area contributed by atoms with Gasteiger partial charge in [-0.2, -0.15) is 0 Å². The lowest BCUT2D eigenvalue weighted by Crippen LogP contribution is -2.29. The zero-order chi connectivity index (χ0) is 20.5. The molecule has 0 unspecified atom stereocenters. The second-order valence-electron chi connectivity index (χ2n) is 5.72. The van der Waals surface area contributed by atoms with E-state index >= 15 is 0 Å². The average molecular weight is 389 g/mol. The van der Waals surface area contributed by atoms with Crippen LogP contribution in [-0.2, 0) is 21.1 Å². The van der Waals surface area contributed by atoms with Crippen LogP contribution in [0.15, 0.2) is 58.8 Å². The summed E-state index contributed by atoms with van der Waals surface area (Å²) in [5.74, 6) is -0.449. The Bertz CT molecular complexity index is 868. The van der Waals surface area contributed by atoms with Gasteiger partial charge in [-0.1, -0.05) is 58.8 Å². The minimum absolute atomic E-state index is 0.0495. The van der Waals surface area contributed by atoms with Crippen LogP contribution < -0.4 is 5.32 Å². The molecule has 148 valence electrons. The van der Waals surface area contributed by atoms with Gasteiger partial charge < -0.3 is 15.0 Å². The Morgan fingerprint density at radius 3 is 2.43 bits per heavy atom. The summed E-state index contributed by atoms with van der Waals surface area (Å²) in [7, 11) is 2.80. The van der Waals surface area contributed by atoms with E-state index in [0.717, 1.165) is 5.56 Å². The molecule has 0 aliphatic carbocycles. The van der Waals surface area contributed by atoms with E-state index in [2.05, 4.69) is 15.6 Å². The molecule has 0 spiro atoms. The number of benzene rings is 2. The molecule has 0 bridgehead atoms. The van der Waals surface area contributed by atoms with Crippen LogP contribution in [0.3, 0.4) is 0 Å². The summed E-state index contributed by atoms with van der Waals surface area (Å²) in [6, 6.07) is 13.3. The number of hydrogen-bond donors (Lipinski definition) is 1. The predicted octanol–water partition coefficient (Wildman–Crippen LogP) is 3.28.